The third-order valence-corrected chi connectivity index (χ3v) is 3.73. The molecule has 0 N–H and O–H groups in total. The molecule has 0 aliphatic heterocycles. The smallest absolute Gasteiger partial charge is 0.334 e. The standard InChI is InChI=1S/C14H13F3N2OS/c1-2-19(8-10-6-4-3-5-7-10)13(20)11-12(14(15,16)17)18-9-21-11/h3-7,9H,2,8H2,1H3. The molecule has 0 saturated carbocycles. The van der Waals surface area contributed by atoms with E-state index in [-0.39, 0.29) is 11.4 Å². The Balaban J connectivity index is 2.23. The van der Waals surface area contributed by atoms with E-state index in [0.717, 1.165) is 11.1 Å². The summed E-state index contributed by atoms with van der Waals surface area (Å²) in [6, 6.07) is 9.14. The van der Waals surface area contributed by atoms with Gasteiger partial charge in [0.1, 0.15) is 4.88 Å². The molecular formula is C14H13F3N2OS. The average Bonchev–Trinajstić information content (AvgIpc) is 2.94. The molecule has 0 aliphatic carbocycles. The Morgan fingerprint density at radius 2 is 1.95 bits per heavy atom. The zero-order valence-corrected chi connectivity index (χ0v) is 12.0. The molecule has 0 spiro atoms. The van der Waals surface area contributed by atoms with E-state index in [1.54, 1.807) is 6.92 Å². The fourth-order valence-corrected chi connectivity index (χ4v) is 2.65. The molecule has 0 aliphatic rings. The number of nitrogens with zero attached hydrogens (tertiary/aromatic N) is 2. The van der Waals surface area contributed by atoms with Crippen LogP contribution < -0.4 is 0 Å². The zero-order valence-electron chi connectivity index (χ0n) is 11.2. The second-order valence-electron chi connectivity index (χ2n) is 4.33. The minimum atomic E-state index is -4.61. The Hall–Kier alpha value is -1.89. The van der Waals surface area contributed by atoms with Crippen molar-refractivity contribution in [2.75, 3.05) is 6.54 Å². The number of rotatable bonds is 4. The second-order valence-corrected chi connectivity index (χ2v) is 5.19. The van der Waals surface area contributed by atoms with Crippen LogP contribution in [0.4, 0.5) is 13.2 Å². The molecule has 2 aromatic rings. The quantitative estimate of drug-likeness (QED) is 0.859. The van der Waals surface area contributed by atoms with Crippen LogP contribution in [0, 0.1) is 0 Å². The molecule has 0 unspecified atom stereocenters. The molecule has 1 amide bonds. The van der Waals surface area contributed by atoms with Crippen molar-refractivity contribution in [3.05, 3.63) is 52.0 Å². The third-order valence-electron chi connectivity index (χ3n) is 2.92. The van der Waals surface area contributed by atoms with Crippen LogP contribution >= 0.6 is 11.3 Å². The van der Waals surface area contributed by atoms with Gasteiger partial charge in [0, 0.05) is 13.1 Å². The van der Waals surface area contributed by atoms with E-state index < -0.39 is 17.8 Å². The van der Waals surface area contributed by atoms with E-state index in [1.165, 1.54) is 4.90 Å². The molecule has 21 heavy (non-hydrogen) atoms. The van der Waals surface area contributed by atoms with Crippen molar-refractivity contribution in [3.8, 4) is 0 Å². The number of alkyl halides is 3. The molecule has 1 aromatic heterocycles. The maximum atomic E-state index is 12.8. The molecular weight excluding hydrogens is 301 g/mol. The number of hydrogen-bond donors (Lipinski definition) is 0. The largest absolute Gasteiger partial charge is 0.434 e. The zero-order chi connectivity index (χ0) is 15.5. The Labute approximate surface area is 124 Å². The van der Waals surface area contributed by atoms with Gasteiger partial charge in [-0.25, -0.2) is 4.98 Å². The highest BCUT2D eigenvalue weighted by Crippen LogP contribution is 2.33. The fourth-order valence-electron chi connectivity index (χ4n) is 1.87. The van der Waals surface area contributed by atoms with Gasteiger partial charge in [-0.15, -0.1) is 11.3 Å². The maximum Gasteiger partial charge on any atom is 0.434 e. The molecule has 112 valence electrons. The molecule has 2 rings (SSSR count). The highest BCUT2D eigenvalue weighted by atomic mass is 32.1. The summed E-state index contributed by atoms with van der Waals surface area (Å²) in [7, 11) is 0. The summed E-state index contributed by atoms with van der Waals surface area (Å²) in [5.74, 6) is -0.642. The Kier molecular flexibility index (Phi) is 4.62. The van der Waals surface area contributed by atoms with E-state index in [9.17, 15) is 18.0 Å². The number of amides is 1. The highest BCUT2D eigenvalue weighted by molar-refractivity contribution is 7.11. The number of hydrogen-bond acceptors (Lipinski definition) is 3. The Morgan fingerprint density at radius 1 is 1.29 bits per heavy atom. The first-order chi connectivity index (χ1) is 9.93. The monoisotopic (exact) mass is 314 g/mol. The molecule has 0 bridgehead atoms. The van der Waals surface area contributed by atoms with Crippen LogP contribution in [0.25, 0.3) is 0 Å². The van der Waals surface area contributed by atoms with Gasteiger partial charge < -0.3 is 4.90 Å². The predicted molar refractivity (Wildman–Crippen MR) is 74.0 cm³/mol. The van der Waals surface area contributed by atoms with Crippen LogP contribution in [0.2, 0.25) is 0 Å². The number of aromatic nitrogens is 1. The van der Waals surface area contributed by atoms with Gasteiger partial charge in [-0.05, 0) is 12.5 Å². The lowest BCUT2D eigenvalue weighted by molar-refractivity contribution is -0.141. The minimum Gasteiger partial charge on any atom is -0.334 e. The average molecular weight is 314 g/mol. The van der Waals surface area contributed by atoms with Gasteiger partial charge in [-0.3, -0.25) is 4.79 Å². The van der Waals surface area contributed by atoms with Crippen LogP contribution in [-0.4, -0.2) is 22.3 Å². The van der Waals surface area contributed by atoms with Crippen LogP contribution in [0.3, 0.4) is 0 Å². The second kappa shape index (κ2) is 6.26. The molecule has 0 fully saturated rings. The first kappa shape index (κ1) is 15.5. The van der Waals surface area contributed by atoms with E-state index in [2.05, 4.69) is 4.98 Å². The predicted octanol–water partition coefficient (Wildman–Crippen LogP) is 3.82. The van der Waals surface area contributed by atoms with Crippen molar-refractivity contribution in [2.45, 2.75) is 19.6 Å². The molecule has 1 heterocycles. The van der Waals surface area contributed by atoms with Crippen LogP contribution in [-0.2, 0) is 12.7 Å². The summed E-state index contributed by atoms with van der Waals surface area (Å²) in [6.45, 7) is 2.32. The van der Waals surface area contributed by atoms with Gasteiger partial charge in [0.25, 0.3) is 5.91 Å². The van der Waals surface area contributed by atoms with E-state index >= 15 is 0 Å². The topological polar surface area (TPSA) is 33.2 Å². The number of carbonyl (C=O) groups excluding carboxylic acids is 1. The molecule has 3 nitrogen and oxygen atoms in total. The summed E-state index contributed by atoms with van der Waals surface area (Å²) in [4.78, 5) is 16.6. The first-order valence-electron chi connectivity index (χ1n) is 6.27. The minimum absolute atomic E-state index is 0.269. The van der Waals surface area contributed by atoms with Crippen molar-refractivity contribution in [2.24, 2.45) is 0 Å². The van der Waals surface area contributed by atoms with Gasteiger partial charge in [0.05, 0.1) is 5.51 Å². The maximum absolute atomic E-state index is 12.8. The summed E-state index contributed by atoms with van der Waals surface area (Å²) < 4.78 is 38.4. The van der Waals surface area contributed by atoms with Gasteiger partial charge in [-0.2, -0.15) is 13.2 Å². The lowest BCUT2D eigenvalue weighted by atomic mass is 10.2. The Bertz CT molecular complexity index is 610. The summed E-state index contributed by atoms with van der Waals surface area (Å²) in [5.41, 5.74) is 0.807. The van der Waals surface area contributed by atoms with E-state index in [4.69, 9.17) is 0 Å². The van der Waals surface area contributed by atoms with Crippen molar-refractivity contribution in [3.63, 3.8) is 0 Å². The molecule has 0 atom stereocenters. The van der Waals surface area contributed by atoms with Crippen molar-refractivity contribution in [1.82, 2.24) is 9.88 Å². The summed E-state index contributed by atoms with van der Waals surface area (Å²) in [5, 5.41) is 0. The van der Waals surface area contributed by atoms with Gasteiger partial charge in [0.15, 0.2) is 5.69 Å². The first-order valence-corrected chi connectivity index (χ1v) is 7.15. The lowest BCUT2D eigenvalue weighted by Crippen LogP contribution is -2.31. The normalized spacial score (nSPS) is 11.4. The van der Waals surface area contributed by atoms with E-state index in [0.29, 0.717) is 17.9 Å². The highest BCUT2D eigenvalue weighted by Gasteiger charge is 2.39. The van der Waals surface area contributed by atoms with Gasteiger partial charge >= 0.3 is 6.18 Å². The molecule has 7 heteroatoms. The number of thiazole rings is 1. The van der Waals surface area contributed by atoms with Gasteiger partial charge in [-0.1, -0.05) is 30.3 Å². The van der Waals surface area contributed by atoms with Crippen LogP contribution in [0.15, 0.2) is 35.8 Å². The SMILES string of the molecule is CCN(Cc1ccccc1)C(=O)c1scnc1C(F)(F)F. The van der Waals surface area contributed by atoms with Crippen LogP contribution in [0.5, 0.6) is 0 Å². The van der Waals surface area contributed by atoms with Gasteiger partial charge in [0.2, 0.25) is 0 Å². The number of halogens is 3. The number of carbonyl (C=O) groups is 1. The summed E-state index contributed by atoms with van der Waals surface area (Å²) in [6.07, 6.45) is -4.61. The lowest BCUT2D eigenvalue weighted by Gasteiger charge is -2.21. The summed E-state index contributed by atoms with van der Waals surface area (Å²) >= 11 is 0.716. The molecule has 1 aromatic carbocycles. The third kappa shape index (κ3) is 3.60. The molecule has 0 saturated heterocycles. The fraction of sp³-hybridized carbons (Fsp3) is 0.286. The van der Waals surface area contributed by atoms with E-state index in [1.807, 2.05) is 30.3 Å². The van der Waals surface area contributed by atoms with Crippen molar-refractivity contribution >= 4 is 17.2 Å². The van der Waals surface area contributed by atoms with Crippen molar-refractivity contribution < 1.29 is 18.0 Å². The van der Waals surface area contributed by atoms with Crippen molar-refractivity contribution in [1.29, 1.82) is 0 Å². The Morgan fingerprint density at radius 3 is 2.52 bits per heavy atom. The van der Waals surface area contributed by atoms with Crippen LogP contribution in [0.1, 0.15) is 27.9 Å². The molecule has 0 radical (unpaired) electrons. The number of benzene rings is 1.